The standard InChI is InChI=1S/C18H21N3O4/c1-12(24-2)17(22)19-14-5-4-6-15(11-14)21-18(23)20-13-7-9-16(25-3)10-8-13/h4-12H,1-3H3,(H,19,22)(H2,20,21,23). The largest absolute Gasteiger partial charge is 0.497 e. The molecule has 1 atom stereocenters. The molecule has 7 nitrogen and oxygen atoms in total. The molecule has 0 aromatic heterocycles. The van der Waals surface area contributed by atoms with Gasteiger partial charge >= 0.3 is 6.03 Å². The van der Waals surface area contributed by atoms with E-state index in [-0.39, 0.29) is 11.9 Å². The average molecular weight is 343 g/mol. The minimum Gasteiger partial charge on any atom is -0.497 e. The Hall–Kier alpha value is -3.06. The fraction of sp³-hybridized carbons (Fsp3) is 0.222. The van der Waals surface area contributed by atoms with E-state index in [1.165, 1.54) is 7.11 Å². The highest BCUT2D eigenvalue weighted by Gasteiger charge is 2.12. The number of carbonyl (C=O) groups is 2. The van der Waals surface area contributed by atoms with E-state index in [0.29, 0.717) is 22.8 Å². The van der Waals surface area contributed by atoms with Gasteiger partial charge in [0.1, 0.15) is 11.9 Å². The number of hydrogen-bond acceptors (Lipinski definition) is 4. The summed E-state index contributed by atoms with van der Waals surface area (Å²) in [6.07, 6.45) is -0.560. The molecule has 0 fully saturated rings. The minimum atomic E-state index is -0.560. The molecule has 2 aromatic carbocycles. The fourth-order valence-electron chi connectivity index (χ4n) is 1.99. The van der Waals surface area contributed by atoms with Crippen molar-refractivity contribution in [3.05, 3.63) is 48.5 Å². The molecule has 25 heavy (non-hydrogen) atoms. The van der Waals surface area contributed by atoms with Crippen LogP contribution >= 0.6 is 0 Å². The molecule has 0 aliphatic heterocycles. The van der Waals surface area contributed by atoms with Crippen LogP contribution in [0.25, 0.3) is 0 Å². The molecule has 0 saturated carbocycles. The number of urea groups is 1. The van der Waals surface area contributed by atoms with Crippen LogP contribution in [0.5, 0.6) is 5.75 Å². The van der Waals surface area contributed by atoms with Gasteiger partial charge in [-0.05, 0) is 49.4 Å². The Balaban J connectivity index is 1.96. The first-order valence-electron chi connectivity index (χ1n) is 7.67. The Labute approximate surface area is 146 Å². The van der Waals surface area contributed by atoms with Gasteiger partial charge in [0.15, 0.2) is 0 Å². The van der Waals surface area contributed by atoms with E-state index >= 15 is 0 Å². The van der Waals surface area contributed by atoms with Crippen LogP contribution in [0.15, 0.2) is 48.5 Å². The Bertz CT molecular complexity index is 731. The third-order valence-corrected chi connectivity index (χ3v) is 3.46. The summed E-state index contributed by atoms with van der Waals surface area (Å²) in [4.78, 5) is 23.9. The van der Waals surface area contributed by atoms with Crippen molar-refractivity contribution in [2.24, 2.45) is 0 Å². The molecule has 0 bridgehead atoms. The second-order valence-corrected chi connectivity index (χ2v) is 5.26. The number of hydrogen-bond donors (Lipinski definition) is 3. The molecule has 0 aliphatic carbocycles. The summed E-state index contributed by atoms with van der Waals surface area (Å²) in [5.41, 5.74) is 1.75. The molecule has 2 rings (SSSR count). The summed E-state index contributed by atoms with van der Waals surface area (Å²) in [5, 5.41) is 8.15. The van der Waals surface area contributed by atoms with Gasteiger partial charge in [-0.15, -0.1) is 0 Å². The van der Waals surface area contributed by atoms with Gasteiger partial charge in [-0.3, -0.25) is 4.79 Å². The predicted octanol–water partition coefficient (Wildman–Crippen LogP) is 3.31. The van der Waals surface area contributed by atoms with Crippen molar-refractivity contribution >= 4 is 29.0 Å². The third kappa shape index (κ3) is 5.50. The molecule has 3 N–H and O–H groups in total. The first-order valence-corrected chi connectivity index (χ1v) is 7.67. The lowest BCUT2D eigenvalue weighted by Crippen LogP contribution is -2.26. The number of benzene rings is 2. The van der Waals surface area contributed by atoms with Crippen molar-refractivity contribution in [1.29, 1.82) is 0 Å². The molecule has 2 aromatic rings. The maximum absolute atomic E-state index is 12.1. The van der Waals surface area contributed by atoms with Gasteiger partial charge in [0.2, 0.25) is 0 Å². The fourth-order valence-corrected chi connectivity index (χ4v) is 1.99. The highest BCUT2D eigenvalue weighted by atomic mass is 16.5. The van der Waals surface area contributed by atoms with Crippen molar-refractivity contribution < 1.29 is 19.1 Å². The van der Waals surface area contributed by atoms with Crippen LogP contribution in [0.1, 0.15) is 6.92 Å². The quantitative estimate of drug-likeness (QED) is 0.751. The number of rotatable bonds is 6. The molecule has 132 valence electrons. The lowest BCUT2D eigenvalue weighted by Gasteiger charge is -2.12. The topological polar surface area (TPSA) is 88.7 Å². The van der Waals surface area contributed by atoms with E-state index in [9.17, 15) is 9.59 Å². The van der Waals surface area contributed by atoms with E-state index in [4.69, 9.17) is 9.47 Å². The molecule has 0 saturated heterocycles. The van der Waals surface area contributed by atoms with Crippen molar-refractivity contribution in [2.75, 3.05) is 30.2 Å². The molecule has 7 heteroatoms. The van der Waals surface area contributed by atoms with Crippen LogP contribution in [0.4, 0.5) is 21.9 Å². The Morgan fingerprint density at radius 2 is 1.48 bits per heavy atom. The van der Waals surface area contributed by atoms with Gasteiger partial charge in [0.25, 0.3) is 5.91 Å². The average Bonchev–Trinajstić information content (AvgIpc) is 2.61. The predicted molar refractivity (Wildman–Crippen MR) is 97.2 cm³/mol. The van der Waals surface area contributed by atoms with Gasteiger partial charge in [0.05, 0.1) is 7.11 Å². The van der Waals surface area contributed by atoms with E-state index in [0.717, 1.165) is 0 Å². The molecule has 1 unspecified atom stereocenters. The molecule has 0 spiro atoms. The Kier molecular flexibility index (Phi) is 6.36. The summed E-state index contributed by atoms with van der Waals surface area (Å²) in [6, 6.07) is 13.4. The second-order valence-electron chi connectivity index (χ2n) is 5.26. The minimum absolute atomic E-state index is 0.262. The normalized spacial score (nSPS) is 11.3. The maximum Gasteiger partial charge on any atom is 0.323 e. The number of anilines is 3. The van der Waals surface area contributed by atoms with Crippen LogP contribution in [0.3, 0.4) is 0 Å². The van der Waals surface area contributed by atoms with E-state index < -0.39 is 6.10 Å². The molecule has 0 heterocycles. The molecular formula is C18H21N3O4. The van der Waals surface area contributed by atoms with Gasteiger partial charge in [-0.1, -0.05) is 6.07 Å². The van der Waals surface area contributed by atoms with Crippen molar-refractivity contribution in [3.8, 4) is 5.75 Å². The smallest absolute Gasteiger partial charge is 0.323 e. The summed E-state index contributed by atoms with van der Waals surface area (Å²) in [5.74, 6) is 0.446. The number of amides is 3. The first kappa shape index (κ1) is 18.3. The van der Waals surface area contributed by atoms with Crippen molar-refractivity contribution in [3.63, 3.8) is 0 Å². The number of nitrogens with one attached hydrogen (secondary N) is 3. The monoisotopic (exact) mass is 343 g/mol. The van der Waals surface area contributed by atoms with Crippen molar-refractivity contribution in [2.45, 2.75) is 13.0 Å². The van der Waals surface area contributed by atoms with Crippen LogP contribution in [0.2, 0.25) is 0 Å². The van der Waals surface area contributed by atoms with Gasteiger partial charge in [0, 0.05) is 24.2 Å². The van der Waals surface area contributed by atoms with E-state index in [1.54, 1.807) is 62.6 Å². The van der Waals surface area contributed by atoms with Crippen LogP contribution < -0.4 is 20.7 Å². The lowest BCUT2D eigenvalue weighted by molar-refractivity contribution is -0.124. The zero-order valence-corrected chi connectivity index (χ0v) is 14.3. The van der Waals surface area contributed by atoms with Crippen LogP contribution in [-0.4, -0.2) is 32.3 Å². The van der Waals surface area contributed by atoms with Crippen LogP contribution in [-0.2, 0) is 9.53 Å². The molecule has 0 aliphatic rings. The molecule has 0 radical (unpaired) electrons. The maximum atomic E-state index is 12.1. The van der Waals surface area contributed by atoms with E-state index in [1.807, 2.05) is 0 Å². The molecule has 3 amide bonds. The lowest BCUT2D eigenvalue weighted by atomic mass is 10.2. The SMILES string of the molecule is COc1ccc(NC(=O)Nc2cccc(NC(=O)C(C)OC)c2)cc1. The Morgan fingerprint density at radius 1 is 0.880 bits per heavy atom. The zero-order chi connectivity index (χ0) is 18.2. The number of carbonyl (C=O) groups excluding carboxylic acids is 2. The van der Waals surface area contributed by atoms with Gasteiger partial charge in [-0.2, -0.15) is 0 Å². The molecular weight excluding hydrogens is 322 g/mol. The van der Waals surface area contributed by atoms with Gasteiger partial charge < -0.3 is 25.4 Å². The van der Waals surface area contributed by atoms with E-state index in [2.05, 4.69) is 16.0 Å². The second kappa shape index (κ2) is 8.70. The number of methoxy groups -OCH3 is 2. The summed E-state index contributed by atoms with van der Waals surface area (Å²) in [6.45, 7) is 1.65. The zero-order valence-electron chi connectivity index (χ0n) is 14.3. The number of ether oxygens (including phenoxy) is 2. The summed E-state index contributed by atoms with van der Waals surface area (Å²) < 4.78 is 10.0. The third-order valence-electron chi connectivity index (χ3n) is 3.46. The highest BCUT2D eigenvalue weighted by molar-refractivity contribution is 6.00. The van der Waals surface area contributed by atoms with Crippen molar-refractivity contribution in [1.82, 2.24) is 0 Å². The van der Waals surface area contributed by atoms with Crippen LogP contribution in [0, 0.1) is 0 Å². The Morgan fingerprint density at radius 3 is 2.08 bits per heavy atom. The summed E-state index contributed by atoms with van der Waals surface area (Å²) in [7, 11) is 3.04. The highest BCUT2D eigenvalue weighted by Crippen LogP contribution is 2.17. The first-order chi connectivity index (χ1) is 12.0. The van der Waals surface area contributed by atoms with Gasteiger partial charge in [-0.25, -0.2) is 4.79 Å². The summed E-state index contributed by atoms with van der Waals surface area (Å²) >= 11 is 0.